The van der Waals surface area contributed by atoms with E-state index in [-0.39, 0.29) is 28.8 Å². The van der Waals surface area contributed by atoms with Crippen molar-refractivity contribution in [3.05, 3.63) is 111 Å². The molecule has 2 atom stereocenters. The number of phenolic OH excluding ortho intramolecular Hbond substituents is 1. The molecule has 2 bridgehead atoms. The molecular weight excluding hydrogens is 452 g/mol. The number of aromatic nitrogens is 1. The summed E-state index contributed by atoms with van der Waals surface area (Å²) < 4.78 is 8.00. The lowest BCUT2D eigenvalue weighted by atomic mass is 9.83. The molecule has 1 fully saturated rings. The number of piperidine rings is 1. The Kier molecular flexibility index (Phi) is 5.61. The number of likely N-dealkylation sites (tertiary alicyclic amines) is 1. The maximum absolute atomic E-state index is 13.2. The van der Waals surface area contributed by atoms with Crippen LogP contribution >= 0.6 is 0 Å². The predicted molar refractivity (Wildman–Crippen MR) is 138 cm³/mol. The topological polar surface area (TPSA) is 71.8 Å². The second-order valence-electron chi connectivity index (χ2n) is 10.0. The highest BCUT2D eigenvalue weighted by molar-refractivity contribution is 6.14. The molecule has 0 radical (unpaired) electrons. The van der Waals surface area contributed by atoms with Crippen LogP contribution in [0.5, 0.6) is 11.5 Å². The van der Waals surface area contributed by atoms with E-state index in [1.165, 1.54) is 0 Å². The fraction of sp³-hybridized carbons (Fsp3) is 0.267. The molecule has 3 aromatic rings. The molecule has 0 saturated carbocycles. The average molecular weight is 481 g/mol. The minimum absolute atomic E-state index is 0.0668. The summed E-state index contributed by atoms with van der Waals surface area (Å²) in [5, 5.41) is 10.9. The number of ketones is 1. The Morgan fingerprint density at radius 1 is 1.06 bits per heavy atom. The van der Waals surface area contributed by atoms with Crippen LogP contribution in [0.2, 0.25) is 0 Å². The molecule has 6 heteroatoms. The summed E-state index contributed by atoms with van der Waals surface area (Å²) in [6.45, 7) is 4.65. The van der Waals surface area contributed by atoms with E-state index in [1.54, 1.807) is 18.2 Å². The molecule has 0 unspecified atom stereocenters. The highest BCUT2D eigenvalue weighted by Gasteiger charge is 2.37. The summed E-state index contributed by atoms with van der Waals surface area (Å²) in [4.78, 5) is 27.9. The molecular formula is C30H28N2O4. The van der Waals surface area contributed by atoms with E-state index in [4.69, 9.17) is 4.74 Å². The molecule has 0 spiro atoms. The van der Waals surface area contributed by atoms with Crippen LogP contribution in [0, 0.1) is 12.8 Å². The van der Waals surface area contributed by atoms with Crippen LogP contribution in [-0.4, -0.2) is 33.4 Å². The van der Waals surface area contributed by atoms with Crippen molar-refractivity contribution in [2.24, 2.45) is 5.92 Å². The number of aryl methyl sites for hydroxylation is 1. The number of Topliss-reactive ketones (excluding diaryl/α,β-unsaturated/α-hetero) is 1. The molecule has 1 aromatic heterocycles. The molecule has 2 aromatic carbocycles. The Balaban J connectivity index is 1.27. The molecule has 0 amide bonds. The van der Waals surface area contributed by atoms with Crippen molar-refractivity contribution in [2.75, 3.05) is 13.1 Å². The summed E-state index contributed by atoms with van der Waals surface area (Å²) in [6.07, 6.45) is 6.49. The van der Waals surface area contributed by atoms with Gasteiger partial charge in [-0.05, 0) is 48.6 Å². The first-order valence-electron chi connectivity index (χ1n) is 12.4. The zero-order chi connectivity index (χ0) is 24.8. The van der Waals surface area contributed by atoms with E-state index in [0.29, 0.717) is 34.9 Å². The number of carbonyl (C=O) groups excluding carboxylic acids is 1. The fourth-order valence-corrected chi connectivity index (χ4v) is 5.91. The van der Waals surface area contributed by atoms with E-state index in [1.807, 2.05) is 60.0 Å². The third-order valence-corrected chi connectivity index (χ3v) is 7.49. The van der Waals surface area contributed by atoms with Crippen LogP contribution in [0.1, 0.15) is 45.1 Å². The van der Waals surface area contributed by atoms with Crippen molar-refractivity contribution >= 4 is 11.9 Å². The number of hydrogen-bond donors (Lipinski definition) is 1. The zero-order valence-corrected chi connectivity index (χ0v) is 20.2. The molecule has 3 aliphatic heterocycles. The van der Waals surface area contributed by atoms with Gasteiger partial charge >= 0.3 is 0 Å². The van der Waals surface area contributed by atoms with Gasteiger partial charge in [0.15, 0.2) is 5.76 Å². The normalized spacial score (nSPS) is 22.0. The number of rotatable bonds is 4. The molecule has 182 valence electrons. The highest BCUT2D eigenvalue weighted by atomic mass is 16.5. The van der Waals surface area contributed by atoms with Crippen LogP contribution in [0.3, 0.4) is 0 Å². The van der Waals surface area contributed by atoms with Gasteiger partial charge < -0.3 is 14.4 Å². The number of allylic oxidation sites excluding steroid dienone is 3. The van der Waals surface area contributed by atoms with E-state index in [0.717, 1.165) is 37.3 Å². The van der Waals surface area contributed by atoms with E-state index in [9.17, 15) is 14.7 Å². The maximum Gasteiger partial charge on any atom is 0.250 e. The van der Waals surface area contributed by atoms with Crippen molar-refractivity contribution in [2.45, 2.75) is 32.4 Å². The predicted octanol–water partition coefficient (Wildman–Crippen LogP) is 4.65. The third-order valence-electron chi connectivity index (χ3n) is 7.49. The van der Waals surface area contributed by atoms with Gasteiger partial charge in [-0.15, -0.1) is 0 Å². The standard InChI is InChI=1S/C30H28N2O4/c1-19-13-25(33)23(18-31-15-21-14-22(17-31)24-10-6-12-27(34)32(24)16-21)30-28(19)29(35)26(36-30)11-5-9-20-7-3-2-4-8-20/h2-13,21-22,33H,14-18H2,1H3/b9-5+,26-11-/t21-,22+/m1/s1. The van der Waals surface area contributed by atoms with Crippen LogP contribution in [0.4, 0.5) is 0 Å². The Hall–Kier alpha value is -3.90. The summed E-state index contributed by atoms with van der Waals surface area (Å²) in [5.41, 5.74) is 4.06. The smallest absolute Gasteiger partial charge is 0.250 e. The van der Waals surface area contributed by atoms with Crippen LogP contribution in [-0.2, 0) is 13.1 Å². The number of hydrogen-bond acceptors (Lipinski definition) is 5. The number of benzene rings is 2. The number of ether oxygens (including phenoxy) is 1. The molecule has 6 nitrogen and oxygen atoms in total. The van der Waals surface area contributed by atoms with Crippen molar-refractivity contribution in [1.82, 2.24) is 9.47 Å². The lowest BCUT2D eigenvalue weighted by molar-refractivity contribution is 0.101. The SMILES string of the molecule is Cc1cc(O)c(CN2C[C@H]3C[C@@H](C2)c2cccc(=O)n2C3)c2c1C(=O)/C(=C/C=C/c1ccccc1)O2. The molecule has 0 aliphatic carbocycles. The number of carbonyl (C=O) groups is 1. The molecule has 3 aliphatic rings. The van der Waals surface area contributed by atoms with E-state index >= 15 is 0 Å². The van der Waals surface area contributed by atoms with E-state index < -0.39 is 0 Å². The first kappa shape index (κ1) is 22.6. The lowest BCUT2D eigenvalue weighted by Gasteiger charge is -2.42. The van der Waals surface area contributed by atoms with Crippen molar-refractivity contribution in [3.8, 4) is 11.5 Å². The van der Waals surface area contributed by atoms with Gasteiger partial charge in [0.2, 0.25) is 5.78 Å². The van der Waals surface area contributed by atoms with E-state index in [2.05, 4.69) is 11.0 Å². The first-order chi connectivity index (χ1) is 17.5. The Bertz CT molecular complexity index is 1470. The number of pyridine rings is 1. The Morgan fingerprint density at radius 3 is 2.72 bits per heavy atom. The van der Waals surface area contributed by atoms with Crippen LogP contribution in [0.25, 0.3) is 6.08 Å². The van der Waals surface area contributed by atoms with Gasteiger partial charge in [-0.2, -0.15) is 0 Å². The van der Waals surface area contributed by atoms with Gasteiger partial charge in [0, 0.05) is 43.9 Å². The van der Waals surface area contributed by atoms with Crippen LogP contribution < -0.4 is 10.3 Å². The molecule has 36 heavy (non-hydrogen) atoms. The summed E-state index contributed by atoms with van der Waals surface area (Å²) >= 11 is 0. The largest absolute Gasteiger partial charge is 0.507 e. The Labute approximate surface area is 209 Å². The monoisotopic (exact) mass is 480 g/mol. The first-order valence-corrected chi connectivity index (χ1v) is 12.4. The van der Waals surface area contributed by atoms with Crippen LogP contribution in [0.15, 0.2) is 77.3 Å². The van der Waals surface area contributed by atoms with Gasteiger partial charge in [0.05, 0.1) is 11.1 Å². The van der Waals surface area contributed by atoms with Gasteiger partial charge in [-0.3, -0.25) is 14.5 Å². The fourth-order valence-electron chi connectivity index (χ4n) is 5.91. The van der Waals surface area contributed by atoms with Gasteiger partial charge in [-0.1, -0.05) is 48.6 Å². The summed E-state index contributed by atoms with van der Waals surface area (Å²) in [5.74, 6) is 1.35. The van der Waals surface area contributed by atoms with Crippen molar-refractivity contribution in [3.63, 3.8) is 0 Å². The number of nitrogens with zero attached hydrogens (tertiary/aromatic N) is 2. The maximum atomic E-state index is 13.2. The number of phenols is 1. The molecule has 4 heterocycles. The second kappa shape index (κ2) is 8.95. The second-order valence-corrected chi connectivity index (χ2v) is 10.0. The van der Waals surface area contributed by atoms with Crippen molar-refractivity contribution < 1.29 is 14.6 Å². The molecule has 1 N–H and O–H groups in total. The van der Waals surface area contributed by atoms with Gasteiger partial charge in [0.25, 0.3) is 5.56 Å². The number of fused-ring (bicyclic) bond motifs is 5. The average Bonchev–Trinajstić information content (AvgIpc) is 3.19. The van der Waals surface area contributed by atoms with Crippen molar-refractivity contribution in [1.29, 1.82) is 0 Å². The summed E-state index contributed by atoms with van der Waals surface area (Å²) in [7, 11) is 0. The quantitative estimate of drug-likeness (QED) is 0.551. The highest BCUT2D eigenvalue weighted by Crippen LogP contribution is 2.43. The summed E-state index contributed by atoms with van der Waals surface area (Å²) in [6, 6.07) is 17.0. The zero-order valence-electron chi connectivity index (χ0n) is 20.2. The minimum Gasteiger partial charge on any atom is -0.507 e. The van der Waals surface area contributed by atoms with Gasteiger partial charge in [0.1, 0.15) is 11.5 Å². The molecule has 1 saturated heterocycles. The molecule has 6 rings (SSSR count). The Morgan fingerprint density at radius 2 is 1.89 bits per heavy atom. The lowest BCUT2D eigenvalue weighted by Crippen LogP contribution is -2.46. The third kappa shape index (κ3) is 3.97. The number of aromatic hydroxyl groups is 1. The van der Waals surface area contributed by atoms with Gasteiger partial charge in [-0.25, -0.2) is 0 Å². The minimum atomic E-state index is -0.162.